The van der Waals surface area contributed by atoms with Gasteiger partial charge in [0, 0.05) is 9.75 Å². The fourth-order valence-corrected chi connectivity index (χ4v) is 4.38. The first-order valence-corrected chi connectivity index (χ1v) is 6.51. The zero-order valence-corrected chi connectivity index (χ0v) is 10.1. The van der Waals surface area contributed by atoms with Gasteiger partial charge in [-0.05, 0) is 48.1 Å². The van der Waals surface area contributed by atoms with Gasteiger partial charge < -0.3 is 0 Å². The lowest BCUT2D eigenvalue weighted by Gasteiger charge is -2.15. The summed E-state index contributed by atoms with van der Waals surface area (Å²) >= 11 is 2.09. The lowest BCUT2D eigenvalue weighted by Crippen LogP contribution is -2.08. The molecule has 0 radical (unpaired) electrons. The highest BCUT2D eigenvalue weighted by atomic mass is 32.1. The Hall–Kier alpha value is -0.300. The second-order valence-corrected chi connectivity index (χ2v) is 6.97. The molecule has 3 rings (SSSR count). The van der Waals surface area contributed by atoms with Gasteiger partial charge in [0.1, 0.15) is 0 Å². The maximum atomic E-state index is 2.50. The van der Waals surface area contributed by atoms with Gasteiger partial charge in [0.25, 0.3) is 0 Å². The summed E-state index contributed by atoms with van der Waals surface area (Å²) in [6.07, 6.45) is 4.38. The second-order valence-electron chi connectivity index (χ2n) is 5.89. The van der Waals surface area contributed by atoms with Gasteiger partial charge in [-0.3, -0.25) is 0 Å². The highest BCUT2D eigenvalue weighted by molar-refractivity contribution is 7.12. The third kappa shape index (κ3) is 1.11. The number of rotatable bonds is 0. The standard InChI is InChI=1S/C13H18S/c1-13(2,3)11-7-10-8-4-5-9(6-8)12(10)14-11/h7-9H,4-6H2,1-3H3/t8-,9+/m0/s1. The minimum absolute atomic E-state index is 0.356. The monoisotopic (exact) mass is 206 g/mol. The van der Waals surface area contributed by atoms with Crippen molar-refractivity contribution < 1.29 is 0 Å². The van der Waals surface area contributed by atoms with E-state index in [0.29, 0.717) is 5.41 Å². The predicted octanol–water partition coefficient (Wildman–Crippen LogP) is 4.41. The zero-order valence-electron chi connectivity index (χ0n) is 9.26. The van der Waals surface area contributed by atoms with E-state index in [1.54, 1.807) is 15.3 Å². The van der Waals surface area contributed by atoms with Crippen molar-refractivity contribution in [3.63, 3.8) is 0 Å². The maximum Gasteiger partial charge on any atom is 0.0114 e. The molecule has 1 aromatic rings. The molecule has 0 amide bonds. The summed E-state index contributed by atoms with van der Waals surface area (Å²) in [5.41, 5.74) is 2.07. The van der Waals surface area contributed by atoms with Crippen LogP contribution >= 0.6 is 11.3 Å². The summed E-state index contributed by atoms with van der Waals surface area (Å²) < 4.78 is 0. The van der Waals surface area contributed by atoms with Crippen molar-refractivity contribution in [2.45, 2.75) is 57.3 Å². The normalized spacial score (nSPS) is 29.6. The molecule has 2 atom stereocenters. The quantitative estimate of drug-likeness (QED) is 0.590. The van der Waals surface area contributed by atoms with Crippen LogP contribution in [0.2, 0.25) is 0 Å². The van der Waals surface area contributed by atoms with Crippen molar-refractivity contribution in [3.8, 4) is 0 Å². The van der Waals surface area contributed by atoms with Crippen LogP contribution in [-0.2, 0) is 5.41 Å². The first kappa shape index (κ1) is 8.96. The van der Waals surface area contributed by atoms with Crippen LogP contribution < -0.4 is 0 Å². The van der Waals surface area contributed by atoms with E-state index >= 15 is 0 Å². The molecule has 0 saturated heterocycles. The van der Waals surface area contributed by atoms with E-state index in [1.807, 2.05) is 0 Å². The van der Waals surface area contributed by atoms with Crippen molar-refractivity contribution in [2.24, 2.45) is 0 Å². The van der Waals surface area contributed by atoms with E-state index < -0.39 is 0 Å². The van der Waals surface area contributed by atoms with Gasteiger partial charge in [-0.25, -0.2) is 0 Å². The molecule has 14 heavy (non-hydrogen) atoms. The number of hydrogen-bond acceptors (Lipinski definition) is 1. The average Bonchev–Trinajstić information content (AvgIpc) is 2.74. The fraction of sp³-hybridized carbons (Fsp3) is 0.692. The van der Waals surface area contributed by atoms with E-state index in [9.17, 15) is 0 Å². The minimum atomic E-state index is 0.356. The Morgan fingerprint density at radius 2 is 1.93 bits per heavy atom. The Bertz CT molecular complexity index is 340. The highest BCUT2D eigenvalue weighted by Gasteiger charge is 2.39. The van der Waals surface area contributed by atoms with Crippen LogP contribution in [0.5, 0.6) is 0 Å². The lowest BCUT2D eigenvalue weighted by molar-refractivity contribution is 0.602. The number of hydrogen-bond donors (Lipinski definition) is 0. The zero-order chi connectivity index (χ0) is 9.92. The number of fused-ring (bicyclic) bond motifs is 5. The van der Waals surface area contributed by atoms with E-state index in [-0.39, 0.29) is 0 Å². The van der Waals surface area contributed by atoms with E-state index in [4.69, 9.17) is 0 Å². The second kappa shape index (κ2) is 2.63. The van der Waals surface area contributed by atoms with Gasteiger partial charge in [0.15, 0.2) is 0 Å². The van der Waals surface area contributed by atoms with Crippen molar-refractivity contribution in [1.29, 1.82) is 0 Å². The molecule has 0 aromatic carbocycles. The summed E-state index contributed by atoms with van der Waals surface area (Å²) in [7, 11) is 0. The first-order valence-electron chi connectivity index (χ1n) is 5.70. The maximum absolute atomic E-state index is 2.50. The Morgan fingerprint density at radius 3 is 2.57 bits per heavy atom. The molecule has 76 valence electrons. The van der Waals surface area contributed by atoms with Gasteiger partial charge in [-0.2, -0.15) is 0 Å². The molecule has 1 heterocycles. The SMILES string of the molecule is CC(C)(C)c1cc2c(s1)[C@@H]1CC[C@H]2C1. The third-order valence-electron chi connectivity index (χ3n) is 3.77. The van der Waals surface area contributed by atoms with Gasteiger partial charge in [-0.15, -0.1) is 11.3 Å². The molecule has 2 bridgehead atoms. The molecular formula is C13H18S. The highest BCUT2D eigenvalue weighted by Crippen LogP contribution is 2.56. The number of thiophene rings is 1. The van der Waals surface area contributed by atoms with Crippen molar-refractivity contribution in [3.05, 3.63) is 21.4 Å². The Balaban J connectivity index is 2.07. The predicted molar refractivity (Wildman–Crippen MR) is 62.4 cm³/mol. The van der Waals surface area contributed by atoms with Gasteiger partial charge in [-0.1, -0.05) is 20.8 Å². The molecular weight excluding hydrogens is 188 g/mol. The Labute approximate surface area is 90.3 Å². The molecule has 2 aliphatic rings. The van der Waals surface area contributed by atoms with Crippen LogP contribution in [0.25, 0.3) is 0 Å². The topological polar surface area (TPSA) is 0 Å². The van der Waals surface area contributed by atoms with Crippen LogP contribution in [-0.4, -0.2) is 0 Å². The molecule has 2 aliphatic carbocycles. The third-order valence-corrected chi connectivity index (χ3v) is 5.51. The van der Waals surface area contributed by atoms with Crippen LogP contribution in [0.4, 0.5) is 0 Å². The summed E-state index contributed by atoms with van der Waals surface area (Å²) in [4.78, 5) is 3.34. The summed E-state index contributed by atoms with van der Waals surface area (Å²) in [5, 5.41) is 0. The molecule has 0 spiro atoms. The summed E-state index contributed by atoms with van der Waals surface area (Å²) in [6, 6.07) is 2.50. The molecule has 0 aliphatic heterocycles. The van der Waals surface area contributed by atoms with E-state index in [1.165, 1.54) is 19.3 Å². The Morgan fingerprint density at radius 1 is 1.21 bits per heavy atom. The van der Waals surface area contributed by atoms with E-state index in [2.05, 4.69) is 38.2 Å². The molecule has 0 N–H and O–H groups in total. The van der Waals surface area contributed by atoms with Gasteiger partial charge in [0.2, 0.25) is 0 Å². The van der Waals surface area contributed by atoms with Crippen molar-refractivity contribution in [2.75, 3.05) is 0 Å². The molecule has 1 aromatic heterocycles. The van der Waals surface area contributed by atoms with Crippen LogP contribution in [0.1, 0.15) is 67.2 Å². The van der Waals surface area contributed by atoms with E-state index in [0.717, 1.165) is 11.8 Å². The summed E-state index contributed by atoms with van der Waals surface area (Å²) in [5.74, 6) is 1.87. The molecule has 1 heteroatoms. The van der Waals surface area contributed by atoms with Gasteiger partial charge >= 0.3 is 0 Å². The summed E-state index contributed by atoms with van der Waals surface area (Å²) in [6.45, 7) is 6.99. The van der Waals surface area contributed by atoms with Crippen molar-refractivity contribution >= 4 is 11.3 Å². The van der Waals surface area contributed by atoms with Crippen LogP contribution in [0.15, 0.2) is 6.07 Å². The molecule has 0 nitrogen and oxygen atoms in total. The van der Waals surface area contributed by atoms with Gasteiger partial charge in [0.05, 0.1) is 0 Å². The molecule has 0 unspecified atom stereocenters. The average molecular weight is 206 g/mol. The Kier molecular flexibility index (Phi) is 1.69. The minimum Gasteiger partial charge on any atom is -0.144 e. The van der Waals surface area contributed by atoms with Crippen LogP contribution in [0.3, 0.4) is 0 Å². The van der Waals surface area contributed by atoms with Crippen molar-refractivity contribution in [1.82, 2.24) is 0 Å². The first-order chi connectivity index (χ1) is 6.55. The molecule has 1 fully saturated rings. The fourth-order valence-electron chi connectivity index (χ4n) is 2.93. The largest absolute Gasteiger partial charge is 0.144 e. The smallest absolute Gasteiger partial charge is 0.0114 e. The van der Waals surface area contributed by atoms with Crippen LogP contribution in [0, 0.1) is 0 Å². The molecule has 1 saturated carbocycles. The lowest BCUT2D eigenvalue weighted by atomic mass is 9.92.